The molecule has 1 aliphatic rings. The first kappa shape index (κ1) is 16.3. The molecule has 2 rings (SSSR count). The highest BCUT2D eigenvalue weighted by atomic mass is 16.5. The van der Waals surface area contributed by atoms with Crippen LogP contribution in [0.15, 0.2) is 24.3 Å². The summed E-state index contributed by atoms with van der Waals surface area (Å²) in [5, 5.41) is 0. The average Bonchev–Trinajstić information content (AvgIpc) is 2.54. The summed E-state index contributed by atoms with van der Waals surface area (Å²) in [6, 6.07) is 9.16. The van der Waals surface area contributed by atoms with E-state index in [9.17, 15) is 0 Å². The number of rotatable bonds is 5. The summed E-state index contributed by atoms with van der Waals surface area (Å²) in [6.07, 6.45) is 1.19. The van der Waals surface area contributed by atoms with Crippen molar-refractivity contribution in [2.24, 2.45) is 5.73 Å². The van der Waals surface area contributed by atoms with Crippen molar-refractivity contribution in [3.63, 3.8) is 0 Å². The highest BCUT2D eigenvalue weighted by molar-refractivity contribution is 5.29. The van der Waals surface area contributed by atoms with Crippen LogP contribution in [0.1, 0.15) is 31.9 Å². The molecule has 1 aromatic carbocycles. The lowest BCUT2D eigenvalue weighted by Gasteiger charge is -2.43. The summed E-state index contributed by atoms with van der Waals surface area (Å²) >= 11 is 0. The van der Waals surface area contributed by atoms with Crippen molar-refractivity contribution in [3.8, 4) is 5.75 Å². The maximum atomic E-state index is 6.49. The first-order chi connectivity index (χ1) is 10.1. The molecule has 0 spiro atoms. The standard InChI is InChI=1S/C17H29N3O/c1-5-15-12-20(11-10-19(15)3)13(2)17(18)14-6-8-16(21-4)9-7-14/h6-9,13,15,17H,5,10-12,18H2,1-4H3. The third-order valence-corrected chi connectivity index (χ3v) is 4.88. The zero-order valence-corrected chi connectivity index (χ0v) is 13.7. The summed E-state index contributed by atoms with van der Waals surface area (Å²) < 4.78 is 5.21. The molecular formula is C17H29N3O. The van der Waals surface area contributed by atoms with Crippen molar-refractivity contribution in [2.75, 3.05) is 33.8 Å². The summed E-state index contributed by atoms with van der Waals surface area (Å²) in [7, 11) is 3.91. The number of nitrogens with zero attached hydrogens (tertiary/aromatic N) is 2. The highest BCUT2D eigenvalue weighted by Crippen LogP contribution is 2.23. The van der Waals surface area contributed by atoms with E-state index in [1.807, 2.05) is 12.1 Å². The van der Waals surface area contributed by atoms with Gasteiger partial charge >= 0.3 is 0 Å². The molecule has 0 saturated carbocycles. The highest BCUT2D eigenvalue weighted by Gasteiger charge is 2.29. The monoisotopic (exact) mass is 291 g/mol. The van der Waals surface area contributed by atoms with E-state index in [0.717, 1.165) is 25.4 Å². The molecule has 21 heavy (non-hydrogen) atoms. The van der Waals surface area contributed by atoms with Gasteiger partial charge in [-0.1, -0.05) is 19.1 Å². The Morgan fingerprint density at radius 1 is 1.29 bits per heavy atom. The molecule has 4 heteroatoms. The van der Waals surface area contributed by atoms with E-state index in [4.69, 9.17) is 10.5 Å². The lowest BCUT2D eigenvalue weighted by atomic mass is 9.98. The Labute approximate surface area is 128 Å². The van der Waals surface area contributed by atoms with Crippen LogP contribution in [0, 0.1) is 0 Å². The number of piperazine rings is 1. The molecule has 4 nitrogen and oxygen atoms in total. The van der Waals surface area contributed by atoms with Gasteiger partial charge in [-0.2, -0.15) is 0 Å². The van der Waals surface area contributed by atoms with Crippen LogP contribution in [0.5, 0.6) is 5.75 Å². The van der Waals surface area contributed by atoms with Crippen molar-refractivity contribution in [1.82, 2.24) is 9.80 Å². The Balaban J connectivity index is 2.02. The fourth-order valence-corrected chi connectivity index (χ4v) is 3.11. The molecule has 3 unspecified atom stereocenters. The number of hydrogen-bond acceptors (Lipinski definition) is 4. The Hall–Kier alpha value is -1.10. The molecule has 1 fully saturated rings. The number of methoxy groups -OCH3 is 1. The van der Waals surface area contributed by atoms with Gasteiger partial charge in [0.05, 0.1) is 7.11 Å². The van der Waals surface area contributed by atoms with Crippen LogP contribution in [0.4, 0.5) is 0 Å². The van der Waals surface area contributed by atoms with Crippen LogP contribution in [0.2, 0.25) is 0 Å². The van der Waals surface area contributed by atoms with E-state index in [1.54, 1.807) is 7.11 Å². The Kier molecular flexibility index (Phi) is 5.62. The maximum absolute atomic E-state index is 6.49. The molecular weight excluding hydrogens is 262 g/mol. The minimum absolute atomic E-state index is 0.0387. The number of hydrogen-bond donors (Lipinski definition) is 1. The van der Waals surface area contributed by atoms with Gasteiger partial charge in [-0.25, -0.2) is 0 Å². The number of nitrogens with two attached hydrogens (primary N) is 1. The Morgan fingerprint density at radius 2 is 1.95 bits per heavy atom. The second kappa shape index (κ2) is 7.25. The first-order valence-electron chi connectivity index (χ1n) is 7.90. The topological polar surface area (TPSA) is 41.7 Å². The van der Waals surface area contributed by atoms with Crippen molar-refractivity contribution < 1.29 is 4.74 Å². The van der Waals surface area contributed by atoms with E-state index in [0.29, 0.717) is 12.1 Å². The molecule has 118 valence electrons. The molecule has 3 atom stereocenters. The number of likely N-dealkylation sites (N-methyl/N-ethyl adjacent to an activating group) is 1. The van der Waals surface area contributed by atoms with Crippen LogP contribution in [-0.4, -0.2) is 55.7 Å². The van der Waals surface area contributed by atoms with E-state index >= 15 is 0 Å². The molecule has 1 aliphatic heterocycles. The normalized spacial score (nSPS) is 23.8. The second-order valence-corrected chi connectivity index (χ2v) is 6.08. The SMILES string of the molecule is CCC1CN(C(C)C(N)c2ccc(OC)cc2)CCN1C. The van der Waals surface area contributed by atoms with Gasteiger partial charge in [-0.15, -0.1) is 0 Å². The minimum atomic E-state index is 0.0387. The quantitative estimate of drug-likeness (QED) is 0.902. The van der Waals surface area contributed by atoms with Gasteiger partial charge in [0, 0.05) is 37.8 Å². The number of benzene rings is 1. The largest absolute Gasteiger partial charge is 0.497 e. The molecule has 2 N–H and O–H groups in total. The van der Waals surface area contributed by atoms with Crippen molar-refractivity contribution in [2.45, 2.75) is 38.4 Å². The van der Waals surface area contributed by atoms with Gasteiger partial charge in [-0.3, -0.25) is 4.90 Å². The van der Waals surface area contributed by atoms with Crippen molar-refractivity contribution in [3.05, 3.63) is 29.8 Å². The summed E-state index contributed by atoms with van der Waals surface area (Å²) in [5.41, 5.74) is 7.66. The molecule has 0 radical (unpaired) electrons. The fraction of sp³-hybridized carbons (Fsp3) is 0.647. The molecule has 1 aromatic rings. The van der Waals surface area contributed by atoms with Gasteiger partial charge in [0.2, 0.25) is 0 Å². The van der Waals surface area contributed by atoms with Crippen molar-refractivity contribution >= 4 is 0 Å². The Bertz CT molecular complexity index is 434. The Morgan fingerprint density at radius 3 is 2.52 bits per heavy atom. The van der Waals surface area contributed by atoms with Gasteiger partial charge in [-0.05, 0) is 38.1 Å². The van der Waals surface area contributed by atoms with E-state index in [1.165, 1.54) is 12.0 Å². The number of ether oxygens (including phenoxy) is 1. The third-order valence-electron chi connectivity index (χ3n) is 4.88. The predicted octanol–water partition coefficient (Wildman–Crippen LogP) is 2.11. The molecule has 0 aliphatic carbocycles. The van der Waals surface area contributed by atoms with Crippen LogP contribution in [-0.2, 0) is 0 Å². The molecule has 0 bridgehead atoms. The smallest absolute Gasteiger partial charge is 0.118 e. The summed E-state index contributed by atoms with van der Waals surface area (Å²) in [4.78, 5) is 4.99. The molecule has 1 saturated heterocycles. The average molecular weight is 291 g/mol. The first-order valence-corrected chi connectivity index (χ1v) is 7.90. The van der Waals surface area contributed by atoms with E-state index in [2.05, 4.69) is 42.8 Å². The van der Waals surface area contributed by atoms with Crippen LogP contribution < -0.4 is 10.5 Å². The van der Waals surface area contributed by atoms with E-state index < -0.39 is 0 Å². The molecule has 0 aromatic heterocycles. The van der Waals surface area contributed by atoms with Gasteiger partial charge < -0.3 is 15.4 Å². The predicted molar refractivity (Wildman–Crippen MR) is 87.7 cm³/mol. The zero-order valence-electron chi connectivity index (χ0n) is 13.7. The van der Waals surface area contributed by atoms with Crippen LogP contribution in [0.25, 0.3) is 0 Å². The summed E-state index contributed by atoms with van der Waals surface area (Å²) in [6.45, 7) is 7.83. The van der Waals surface area contributed by atoms with Crippen molar-refractivity contribution in [1.29, 1.82) is 0 Å². The van der Waals surface area contributed by atoms with Gasteiger partial charge in [0.1, 0.15) is 5.75 Å². The third kappa shape index (κ3) is 3.76. The van der Waals surface area contributed by atoms with Crippen LogP contribution in [0.3, 0.4) is 0 Å². The molecule has 0 amide bonds. The van der Waals surface area contributed by atoms with Crippen LogP contribution >= 0.6 is 0 Å². The lowest BCUT2D eigenvalue weighted by Crippen LogP contribution is -2.55. The second-order valence-electron chi connectivity index (χ2n) is 6.08. The van der Waals surface area contributed by atoms with Gasteiger partial charge in [0.15, 0.2) is 0 Å². The minimum Gasteiger partial charge on any atom is -0.497 e. The maximum Gasteiger partial charge on any atom is 0.118 e. The lowest BCUT2D eigenvalue weighted by molar-refractivity contribution is 0.0594. The van der Waals surface area contributed by atoms with Gasteiger partial charge in [0.25, 0.3) is 0 Å². The fourth-order valence-electron chi connectivity index (χ4n) is 3.11. The summed E-state index contributed by atoms with van der Waals surface area (Å²) in [5.74, 6) is 0.879. The zero-order chi connectivity index (χ0) is 15.4. The van der Waals surface area contributed by atoms with E-state index in [-0.39, 0.29) is 6.04 Å². The molecule has 1 heterocycles.